The van der Waals surface area contributed by atoms with Gasteiger partial charge in [0, 0.05) is 47.2 Å². The monoisotopic (exact) mass is 516 g/mol. The molecule has 0 aliphatic carbocycles. The Hall–Kier alpha value is -4.85. The molecular formula is C31H32N8. The zero-order chi connectivity index (χ0) is 27.6. The molecule has 0 saturated carbocycles. The van der Waals surface area contributed by atoms with Crippen LogP contribution in [0.25, 0.3) is 39.1 Å². The maximum Gasteiger partial charge on any atom is 0.134 e. The first-order chi connectivity index (χ1) is 18.7. The fourth-order valence-corrected chi connectivity index (χ4v) is 4.49. The Bertz CT molecular complexity index is 1660. The number of anilines is 2. The SMILES string of the molecule is C=C(CC(C)(C)C)Nc1cncc(-c2ccc3[nH]nc(C(=C)Nc4cncc(-c5cccnc5)c4C)c3n2)c1. The van der Waals surface area contributed by atoms with E-state index in [1.165, 1.54) is 0 Å². The van der Waals surface area contributed by atoms with Gasteiger partial charge in [-0.25, -0.2) is 4.98 Å². The highest BCUT2D eigenvalue weighted by Gasteiger charge is 2.16. The van der Waals surface area contributed by atoms with Crippen molar-refractivity contribution in [2.45, 2.75) is 34.1 Å². The van der Waals surface area contributed by atoms with E-state index in [1.807, 2.05) is 49.6 Å². The molecule has 0 radical (unpaired) electrons. The Morgan fingerprint density at radius 3 is 2.49 bits per heavy atom. The quantitative estimate of drug-likeness (QED) is 0.200. The normalized spacial score (nSPS) is 11.4. The van der Waals surface area contributed by atoms with Gasteiger partial charge in [-0.3, -0.25) is 20.1 Å². The molecule has 3 N–H and O–H groups in total. The number of nitrogens with one attached hydrogen (secondary N) is 3. The number of nitrogens with zero attached hydrogens (tertiary/aromatic N) is 5. The summed E-state index contributed by atoms with van der Waals surface area (Å²) in [6.07, 6.45) is 11.7. The molecule has 8 nitrogen and oxygen atoms in total. The van der Waals surface area contributed by atoms with Crippen molar-refractivity contribution < 1.29 is 0 Å². The molecule has 0 saturated heterocycles. The first-order valence-corrected chi connectivity index (χ1v) is 12.7. The highest BCUT2D eigenvalue weighted by atomic mass is 15.1. The van der Waals surface area contributed by atoms with E-state index in [-0.39, 0.29) is 5.41 Å². The van der Waals surface area contributed by atoms with Gasteiger partial charge in [-0.15, -0.1) is 0 Å². The number of fused-ring (bicyclic) bond motifs is 1. The lowest BCUT2D eigenvalue weighted by molar-refractivity contribution is 0.411. The molecule has 8 heteroatoms. The van der Waals surface area contributed by atoms with Gasteiger partial charge in [0.25, 0.3) is 0 Å². The molecule has 0 spiro atoms. The van der Waals surface area contributed by atoms with Gasteiger partial charge in [0.1, 0.15) is 11.2 Å². The maximum absolute atomic E-state index is 4.93. The van der Waals surface area contributed by atoms with Crippen molar-refractivity contribution in [2.75, 3.05) is 10.6 Å². The molecule has 0 aliphatic rings. The predicted octanol–water partition coefficient (Wildman–Crippen LogP) is 7.23. The summed E-state index contributed by atoms with van der Waals surface area (Å²) < 4.78 is 0. The van der Waals surface area contributed by atoms with E-state index in [1.54, 1.807) is 24.8 Å². The van der Waals surface area contributed by atoms with Gasteiger partial charge in [-0.2, -0.15) is 5.10 Å². The van der Waals surface area contributed by atoms with Gasteiger partial charge >= 0.3 is 0 Å². The van der Waals surface area contributed by atoms with Crippen LogP contribution >= 0.6 is 0 Å². The molecule has 196 valence electrons. The average Bonchev–Trinajstić information content (AvgIpc) is 3.33. The van der Waals surface area contributed by atoms with Gasteiger partial charge in [0.05, 0.1) is 40.7 Å². The number of aromatic amines is 1. The molecule has 5 rings (SSSR count). The van der Waals surface area contributed by atoms with Crippen LogP contribution in [0.3, 0.4) is 0 Å². The van der Waals surface area contributed by atoms with Crippen molar-refractivity contribution >= 4 is 28.1 Å². The molecule has 5 aromatic heterocycles. The van der Waals surface area contributed by atoms with Crippen LogP contribution in [0.2, 0.25) is 0 Å². The number of hydrogen-bond donors (Lipinski definition) is 3. The lowest BCUT2D eigenvalue weighted by Gasteiger charge is -2.20. The second-order valence-corrected chi connectivity index (χ2v) is 10.8. The minimum atomic E-state index is 0.143. The van der Waals surface area contributed by atoms with Crippen molar-refractivity contribution in [1.29, 1.82) is 0 Å². The smallest absolute Gasteiger partial charge is 0.134 e. The summed E-state index contributed by atoms with van der Waals surface area (Å²) in [5, 5.41) is 14.3. The summed E-state index contributed by atoms with van der Waals surface area (Å²) in [7, 11) is 0. The molecule has 0 aromatic carbocycles. The van der Waals surface area contributed by atoms with Crippen molar-refractivity contribution in [3.63, 3.8) is 0 Å². The van der Waals surface area contributed by atoms with Crippen LogP contribution < -0.4 is 10.6 Å². The summed E-state index contributed by atoms with van der Waals surface area (Å²) >= 11 is 0. The standard InChI is InChI=1S/C31H32N8/c1-19(13-31(4,5)6)35-24-12-23(15-33-16-24)26-9-10-27-30(37-26)29(39-38-27)21(3)36-28-18-34-17-25(20(28)2)22-8-7-11-32-14-22/h7-12,14-18,35-36H,1,3,13H2,2,4-6H3,(H,38,39). The highest BCUT2D eigenvalue weighted by molar-refractivity contribution is 5.91. The Labute approximate surface area is 228 Å². The Morgan fingerprint density at radius 2 is 1.72 bits per heavy atom. The molecule has 0 atom stereocenters. The lowest BCUT2D eigenvalue weighted by atomic mass is 9.91. The fraction of sp³-hybridized carbons (Fsp3) is 0.194. The van der Waals surface area contributed by atoms with E-state index >= 15 is 0 Å². The average molecular weight is 517 g/mol. The van der Waals surface area contributed by atoms with Crippen LogP contribution in [0.1, 0.15) is 38.4 Å². The third-order valence-electron chi connectivity index (χ3n) is 6.27. The second-order valence-electron chi connectivity index (χ2n) is 10.8. The van der Waals surface area contributed by atoms with E-state index in [0.717, 1.165) is 62.5 Å². The third kappa shape index (κ3) is 5.85. The van der Waals surface area contributed by atoms with Crippen LogP contribution in [0.15, 0.2) is 86.4 Å². The highest BCUT2D eigenvalue weighted by Crippen LogP contribution is 2.31. The topological polar surface area (TPSA) is 104 Å². The number of aromatic nitrogens is 6. The van der Waals surface area contributed by atoms with Crippen LogP contribution in [0.4, 0.5) is 11.4 Å². The maximum atomic E-state index is 4.93. The molecule has 0 unspecified atom stereocenters. The second kappa shape index (κ2) is 10.5. The van der Waals surface area contributed by atoms with Gasteiger partial charge in [-0.05, 0) is 48.6 Å². The van der Waals surface area contributed by atoms with E-state index < -0.39 is 0 Å². The van der Waals surface area contributed by atoms with E-state index in [2.05, 4.69) is 69.7 Å². The summed E-state index contributed by atoms with van der Waals surface area (Å²) in [6.45, 7) is 17.0. The number of allylic oxidation sites excluding steroid dienone is 1. The number of H-pyrrole nitrogens is 1. The Kier molecular flexibility index (Phi) is 6.94. The lowest BCUT2D eigenvalue weighted by Crippen LogP contribution is -2.10. The molecule has 0 fully saturated rings. The Balaban J connectivity index is 1.41. The largest absolute Gasteiger partial charge is 0.358 e. The zero-order valence-corrected chi connectivity index (χ0v) is 22.7. The Morgan fingerprint density at radius 1 is 0.923 bits per heavy atom. The van der Waals surface area contributed by atoms with Crippen LogP contribution in [0, 0.1) is 12.3 Å². The van der Waals surface area contributed by atoms with E-state index in [4.69, 9.17) is 4.98 Å². The zero-order valence-electron chi connectivity index (χ0n) is 22.7. The van der Waals surface area contributed by atoms with Crippen LogP contribution in [-0.4, -0.2) is 30.1 Å². The van der Waals surface area contributed by atoms with Gasteiger partial charge in [0.15, 0.2) is 0 Å². The number of rotatable bonds is 8. The predicted molar refractivity (Wildman–Crippen MR) is 159 cm³/mol. The number of hydrogen-bond acceptors (Lipinski definition) is 7. The van der Waals surface area contributed by atoms with Crippen molar-refractivity contribution in [2.24, 2.45) is 5.41 Å². The van der Waals surface area contributed by atoms with Gasteiger partial charge < -0.3 is 10.6 Å². The number of pyridine rings is 4. The molecule has 5 heterocycles. The van der Waals surface area contributed by atoms with Gasteiger partial charge in [0.2, 0.25) is 0 Å². The summed E-state index contributed by atoms with van der Waals surface area (Å²) in [5.41, 5.74) is 10.3. The van der Waals surface area contributed by atoms with Crippen molar-refractivity contribution in [1.82, 2.24) is 30.1 Å². The van der Waals surface area contributed by atoms with Gasteiger partial charge in [-0.1, -0.05) is 40.0 Å². The minimum Gasteiger partial charge on any atom is -0.358 e. The first kappa shape index (κ1) is 25.8. The summed E-state index contributed by atoms with van der Waals surface area (Å²) in [5.74, 6) is 0. The molecular weight excluding hydrogens is 484 g/mol. The molecule has 5 aromatic rings. The summed E-state index contributed by atoms with van der Waals surface area (Å²) in [4.78, 5) is 18.0. The minimum absolute atomic E-state index is 0.143. The van der Waals surface area contributed by atoms with E-state index in [0.29, 0.717) is 11.4 Å². The first-order valence-electron chi connectivity index (χ1n) is 12.7. The summed E-state index contributed by atoms with van der Waals surface area (Å²) in [6, 6.07) is 9.88. The molecule has 0 bridgehead atoms. The molecule has 0 aliphatic heterocycles. The van der Waals surface area contributed by atoms with Crippen molar-refractivity contribution in [3.8, 4) is 22.4 Å². The van der Waals surface area contributed by atoms with Crippen LogP contribution in [-0.2, 0) is 0 Å². The third-order valence-corrected chi connectivity index (χ3v) is 6.27. The van der Waals surface area contributed by atoms with Crippen LogP contribution in [0.5, 0.6) is 0 Å². The fourth-order valence-electron chi connectivity index (χ4n) is 4.49. The molecule has 0 amide bonds. The molecule has 39 heavy (non-hydrogen) atoms. The van der Waals surface area contributed by atoms with Crippen molar-refractivity contribution in [3.05, 3.63) is 97.6 Å². The van der Waals surface area contributed by atoms with E-state index in [9.17, 15) is 0 Å².